The topological polar surface area (TPSA) is 59.3 Å². The third-order valence-electron chi connectivity index (χ3n) is 6.71. The van der Waals surface area contributed by atoms with Crippen molar-refractivity contribution in [2.24, 2.45) is 0 Å². The average molecular weight is 439 g/mol. The second kappa shape index (κ2) is 7.92. The first kappa shape index (κ1) is 19.8. The highest BCUT2D eigenvalue weighted by Gasteiger charge is 2.28. The van der Waals surface area contributed by atoms with Gasteiger partial charge in [-0.3, -0.25) is 0 Å². The first-order chi connectivity index (χ1) is 16.2. The van der Waals surface area contributed by atoms with E-state index in [-0.39, 0.29) is 0 Å². The Labute approximate surface area is 193 Å². The van der Waals surface area contributed by atoms with E-state index in [9.17, 15) is 0 Å². The van der Waals surface area contributed by atoms with Crippen molar-refractivity contribution in [1.82, 2.24) is 19.5 Å². The summed E-state index contributed by atoms with van der Waals surface area (Å²) in [5, 5.41) is 2.53. The van der Waals surface area contributed by atoms with Crippen LogP contribution in [0.3, 0.4) is 0 Å². The lowest BCUT2D eigenvalue weighted by Gasteiger charge is -2.35. The van der Waals surface area contributed by atoms with E-state index in [2.05, 4.69) is 68.4 Å². The number of anilines is 2. The van der Waals surface area contributed by atoms with Crippen molar-refractivity contribution in [1.29, 1.82) is 0 Å². The number of ether oxygens (including phenoxy) is 1. The maximum absolute atomic E-state index is 5.52. The van der Waals surface area contributed by atoms with Crippen LogP contribution in [0.1, 0.15) is 22.8 Å². The summed E-state index contributed by atoms with van der Waals surface area (Å²) in [5.74, 6) is 1.92. The van der Waals surface area contributed by atoms with Crippen molar-refractivity contribution in [2.45, 2.75) is 26.1 Å². The van der Waals surface area contributed by atoms with Gasteiger partial charge in [0.1, 0.15) is 11.6 Å². The molecule has 0 atom stereocenters. The van der Waals surface area contributed by atoms with E-state index < -0.39 is 0 Å². The molecule has 4 aromatic rings. The highest BCUT2D eigenvalue weighted by Crippen LogP contribution is 2.34. The van der Waals surface area contributed by atoms with Gasteiger partial charge in [0.05, 0.1) is 37.8 Å². The van der Waals surface area contributed by atoms with Crippen LogP contribution in [-0.4, -0.2) is 39.7 Å². The molecule has 0 radical (unpaired) electrons. The molecule has 7 nitrogen and oxygen atoms in total. The Morgan fingerprint density at radius 2 is 1.85 bits per heavy atom. The number of rotatable bonds is 4. The third kappa shape index (κ3) is 3.31. The normalized spacial score (nSPS) is 15.3. The van der Waals surface area contributed by atoms with Crippen molar-refractivity contribution in [2.75, 3.05) is 30.0 Å². The Balaban J connectivity index is 1.36. The van der Waals surface area contributed by atoms with Gasteiger partial charge in [0.15, 0.2) is 0 Å². The standard InChI is InChI=1S/C26H26N6O/c1-3-24-27-15-19-16-31(13-14-32(19)24)25-21-11-12-30(17-22(21)28-26(29-25)33-2)23-10-6-8-18-7-4-5-9-20(18)23/h3-10,15H,1,11-14,16-17H2,2H3. The van der Waals surface area contributed by atoms with Crippen molar-refractivity contribution in [3.8, 4) is 6.01 Å². The van der Waals surface area contributed by atoms with Crippen LogP contribution in [-0.2, 0) is 26.1 Å². The molecular formula is C26H26N6O. The van der Waals surface area contributed by atoms with E-state index in [4.69, 9.17) is 14.7 Å². The number of benzene rings is 2. The Morgan fingerprint density at radius 1 is 0.970 bits per heavy atom. The summed E-state index contributed by atoms with van der Waals surface area (Å²) in [6.07, 6.45) is 4.65. The highest BCUT2D eigenvalue weighted by molar-refractivity contribution is 5.94. The smallest absolute Gasteiger partial charge is 0.318 e. The Hall–Kier alpha value is -3.87. The monoisotopic (exact) mass is 438 g/mol. The first-order valence-corrected chi connectivity index (χ1v) is 11.3. The molecule has 2 aromatic heterocycles. The summed E-state index contributed by atoms with van der Waals surface area (Å²) in [5.41, 5.74) is 4.69. The Morgan fingerprint density at radius 3 is 2.73 bits per heavy atom. The van der Waals surface area contributed by atoms with Gasteiger partial charge >= 0.3 is 6.01 Å². The van der Waals surface area contributed by atoms with Crippen LogP contribution in [0.4, 0.5) is 11.5 Å². The van der Waals surface area contributed by atoms with Crippen LogP contribution in [0.5, 0.6) is 6.01 Å². The van der Waals surface area contributed by atoms with Crippen molar-refractivity contribution in [3.05, 3.63) is 78.0 Å². The summed E-state index contributed by atoms with van der Waals surface area (Å²) >= 11 is 0. The molecule has 2 aliphatic rings. The van der Waals surface area contributed by atoms with Gasteiger partial charge in [0, 0.05) is 36.3 Å². The number of imidazole rings is 1. The minimum atomic E-state index is 0.425. The molecule has 0 spiro atoms. The van der Waals surface area contributed by atoms with E-state index in [1.165, 1.54) is 27.7 Å². The van der Waals surface area contributed by atoms with E-state index in [0.29, 0.717) is 6.01 Å². The van der Waals surface area contributed by atoms with Crippen LogP contribution in [0.25, 0.3) is 16.8 Å². The van der Waals surface area contributed by atoms with E-state index >= 15 is 0 Å². The van der Waals surface area contributed by atoms with Gasteiger partial charge in [-0.05, 0) is 23.9 Å². The number of hydrogen-bond acceptors (Lipinski definition) is 6. The number of aromatic nitrogens is 4. The molecule has 2 aliphatic heterocycles. The van der Waals surface area contributed by atoms with Gasteiger partial charge in [-0.15, -0.1) is 0 Å². The van der Waals surface area contributed by atoms with Crippen LogP contribution >= 0.6 is 0 Å². The minimum Gasteiger partial charge on any atom is -0.467 e. The molecule has 0 unspecified atom stereocenters. The van der Waals surface area contributed by atoms with Gasteiger partial charge in [0.2, 0.25) is 0 Å². The number of nitrogens with zero attached hydrogens (tertiary/aromatic N) is 6. The molecule has 33 heavy (non-hydrogen) atoms. The van der Waals surface area contributed by atoms with Gasteiger partial charge in [0.25, 0.3) is 0 Å². The van der Waals surface area contributed by atoms with Crippen LogP contribution < -0.4 is 14.5 Å². The molecule has 0 saturated heterocycles. The molecule has 0 aliphatic carbocycles. The fourth-order valence-electron chi connectivity index (χ4n) is 5.08. The number of fused-ring (bicyclic) bond motifs is 3. The molecule has 2 aromatic carbocycles. The lowest BCUT2D eigenvalue weighted by Crippen LogP contribution is -2.37. The Bertz CT molecular complexity index is 1360. The van der Waals surface area contributed by atoms with Crippen molar-refractivity contribution in [3.63, 3.8) is 0 Å². The summed E-state index contributed by atoms with van der Waals surface area (Å²) < 4.78 is 7.75. The zero-order valence-corrected chi connectivity index (χ0v) is 18.7. The zero-order valence-electron chi connectivity index (χ0n) is 18.7. The third-order valence-corrected chi connectivity index (χ3v) is 6.71. The van der Waals surface area contributed by atoms with Crippen molar-refractivity contribution >= 4 is 28.4 Å². The molecule has 166 valence electrons. The van der Waals surface area contributed by atoms with Crippen LogP contribution in [0.15, 0.2) is 55.2 Å². The molecule has 4 heterocycles. The lowest BCUT2D eigenvalue weighted by molar-refractivity contribution is 0.376. The summed E-state index contributed by atoms with van der Waals surface area (Å²) in [6, 6.07) is 15.5. The second-order valence-electron chi connectivity index (χ2n) is 8.51. The van der Waals surface area contributed by atoms with Crippen molar-refractivity contribution < 1.29 is 4.74 Å². The van der Waals surface area contributed by atoms with Gasteiger partial charge in [-0.25, -0.2) is 4.98 Å². The predicted molar refractivity (Wildman–Crippen MR) is 131 cm³/mol. The molecular weight excluding hydrogens is 412 g/mol. The highest BCUT2D eigenvalue weighted by atomic mass is 16.5. The molecule has 0 amide bonds. The predicted octanol–water partition coefficient (Wildman–Crippen LogP) is 4.06. The molecule has 7 heteroatoms. The maximum atomic E-state index is 5.52. The van der Waals surface area contributed by atoms with E-state index in [1.54, 1.807) is 7.11 Å². The van der Waals surface area contributed by atoms with Gasteiger partial charge in [-0.1, -0.05) is 43.0 Å². The SMILES string of the molecule is C=Cc1ncc2n1CCN(c1nc(OC)nc3c1CCN(c1cccc4ccccc14)C3)C2. The minimum absolute atomic E-state index is 0.425. The summed E-state index contributed by atoms with van der Waals surface area (Å²) in [7, 11) is 1.64. The van der Waals surface area contributed by atoms with Gasteiger partial charge in [-0.2, -0.15) is 9.97 Å². The maximum Gasteiger partial charge on any atom is 0.318 e. The summed E-state index contributed by atoms with van der Waals surface area (Å²) in [4.78, 5) is 18.8. The molecule has 0 bridgehead atoms. The fraction of sp³-hybridized carbons (Fsp3) is 0.269. The molecule has 0 N–H and O–H groups in total. The fourth-order valence-corrected chi connectivity index (χ4v) is 5.08. The summed E-state index contributed by atoms with van der Waals surface area (Å²) in [6.45, 7) is 8.04. The average Bonchev–Trinajstić information content (AvgIpc) is 3.29. The molecule has 6 rings (SSSR count). The number of methoxy groups -OCH3 is 1. The van der Waals surface area contributed by atoms with E-state index in [0.717, 1.165) is 56.5 Å². The van der Waals surface area contributed by atoms with Crippen LogP contribution in [0.2, 0.25) is 0 Å². The molecule has 0 fully saturated rings. The first-order valence-electron chi connectivity index (χ1n) is 11.3. The van der Waals surface area contributed by atoms with E-state index in [1.807, 2.05) is 12.3 Å². The zero-order chi connectivity index (χ0) is 22.4. The second-order valence-corrected chi connectivity index (χ2v) is 8.51. The van der Waals surface area contributed by atoms with Gasteiger partial charge < -0.3 is 19.1 Å². The largest absolute Gasteiger partial charge is 0.467 e. The number of hydrogen-bond donors (Lipinski definition) is 0. The quantitative estimate of drug-likeness (QED) is 0.479. The van der Waals surface area contributed by atoms with Crippen LogP contribution in [0, 0.1) is 0 Å². The molecule has 0 saturated carbocycles. The Kier molecular flexibility index (Phi) is 4.75. The lowest BCUT2D eigenvalue weighted by atomic mass is 10.0.